The molecule has 0 spiro atoms. The minimum Gasteiger partial charge on any atom is -0.390 e. The van der Waals surface area contributed by atoms with Crippen LogP contribution in [0, 0.1) is 5.92 Å². The highest BCUT2D eigenvalue weighted by Crippen LogP contribution is 2.28. The Labute approximate surface area is 111 Å². The summed E-state index contributed by atoms with van der Waals surface area (Å²) in [5.74, 6) is 0.833. The largest absolute Gasteiger partial charge is 0.390 e. The van der Waals surface area contributed by atoms with Crippen LogP contribution in [0.25, 0.3) is 0 Å². The van der Waals surface area contributed by atoms with Gasteiger partial charge in [-0.3, -0.25) is 0 Å². The number of aliphatic hydroxyl groups is 1. The second-order valence-electron chi connectivity index (χ2n) is 5.93. The topological polar surface area (TPSA) is 41.9 Å². The second kappa shape index (κ2) is 7.43. The smallest absolute Gasteiger partial charge is 0.0880 e. The molecule has 1 atom stereocenters. The molecule has 1 unspecified atom stereocenters. The molecule has 0 radical (unpaired) electrons. The number of hydrogen-bond acceptors (Lipinski definition) is 4. The number of aliphatic hydroxyl groups excluding tert-OH is 1. The molecule has 0 saturated heterocycles. The van der Waals surface area contributed by atoms with Crippen LogP contribution in [-0.2, 0) is 9.47 Å². The number of hydrogen-bond donors (Lipinski definition) is 1. The van der Waals surface area contributed by atoms with Crippen LogP contribution in [0.3, 0.4) is 0 Å². The van der Waals surface area contributed by atoms with Crippen LogP contribution in [0.5, 0.6) is 0 Å². The van der Waals surface area contributed by atoms with Crippen molar-refractivity contribution in [1.82, 2.24) is 4.90 Å². The molecule has 1 aliphatic rings. The summed E-state index contributed by atoms with van der Waals surface area (Å²) >= 11 is 0. The van der Waals surface area contributed by atoms with Crippen LogP contribution in [0.2, 0.25) is 0 Å². The molecular formula is C14H29NO3. The highest BCUT2D eigenvalue weighted by Gasteiger charge is 2.27. The van der Waals surface area contributed by atoms with Gasteiger partial charge in [-0.05, 0) is 46.1 Å². The van der Waals surface area contributed by atoms with Crippen molar-refractivity contribution in [3.8, 4) is 0 Å². The standard InChI is InChI=1S/C14H29NO3/c1-14(2,17-4)13(16)7-8-15(3)9-10-18-11-12-5-6-12/h12-13,16H,5-11H2,1-4H3. The average Bonchev–Trinajstić information content (AvgIpc) is 3.15. The van der Waals surface area contributed by atoms with E-state index in [1.165, 1.54) is 12.8 Å². The summed E-state index contributed by atoms with van der Waals surface area (Å²) < 4.78 is 10.9. The van der Waals surface area contributed by atoms with Gasteiger partial charge in [0.05, 0.1) is 18.3 Å². The summed E-state index contributed by atoms with van der Waals surface area (Å²) in [5, 5.41) is 10.00. The van der Waals surface area contributed by atoms with Crippen LogP contribution >= 0.6 is 0 Å². The molecule has 0 aromatic heterocycles. The zero-order valence-electron chi connectivity index (χ0n) is 12.3. The maximum atomic E-state index is 10.00. The lowest BCUT2D eigenvalue weighted by atomic mass is 9.98. The SMILES string of the molecule is COC(C)(C)C(O)CCN(C)CCOCC1CC1. The molecule has 0 bridgehead atoms. The number of ether oxygens (including phenoxy) is 2. The molecule has 1 N–H and O–H groups in total. The number of likely N-dealkylation sites (N-methyl/N-ethyl adjacent to an activating group) is 1. The Morgan fingerprint density at radius 2 is 2.00 bits per heavy atom. The molecule has 108 valence electrons. The van der Waals surface area contributed by atoms with Crippen molar-refractivity contribution in [3.05, 3.63) is 0 Å². The van der Waals surface area contributed by atoms with Crippen LogP contribution in [0.15, 0.2) is 0 Å². The van der Waals surface area contributed by atoms with Gasteiger partial charge in [-0.2, -0.15) is 0 Å². The zero-order valence-corrected chi connectivity index (χ0v) is 12.3. The van der Waals surface area contributed by atoms with E-state index in [-0.39, 0.29) is 0 Å². The van der Waals surface area contributed by atoms with Gasteiger partial charge in [-0.15, -0.1) is 0 Å². The lowest BCUT2D eigenvalue weighted by Gasteiger charge is -2.30. The summed E-state index contributed by atoms with van der Waals surface area (Å²) in [7, 11) is 3.70. The fraction of sp³-hybridized carbons (Fsp3) is 1.00. The summed E-state index contributed by atoms with van der Waals surface area (Å²) in [4.78, 5) is 2.20. The lowest BCUT2D eigenvalue weighted by Crippen LogP contribution is -2.40. The van der Waals surface area contributed by atoms with Gasteiger partial charge in [0.2, 0.25) is 0 Å². The Hall–Kier alpha value is -0.160. The third kappa shape index (κ3) is 6.14. The summed E-state index contributed by atoms with van der Waals surface area (Å²) in [6.45, 7) is 7.32. The monoisotopic (exact) mass is 259 g/mol. The van der Waals surface area contributed by atoms with Crippen molar-refractivity contribution < 1.29 is 14.6 Å². The first-order valence-corrected chi connectivity index (χ1v) is 6.95. The predicted octanol–water partition coefficient (Wildman–Crippen LogP) is 1.52. The second-order valence-corrected chi connectivity index (χ2v) is 5.93. The highest BCUT2D eigenvalue weighted by atomic mass is 16.5. The van der Waals surface area contributed by atoms with Crippen molar-refractivity contribution in [2.45, 2.75) is 44.8 Å². The van der Waals surface area contributed by atoms with Crippen molar-refractivity contribution >= 4 is 0 Å². The quantitative estimate of drug-likeness (QED) is 0.604. The van der Waals surface area contributed by atoms with E-state index < -0.39 is 11.7 Å². The first kappa shape index (κ1) is 15.9. The summed E-state index contributed by atoms with van der Waals surface area (Å²) in [6, 6.07) is 0. The maximum absolute atomic E-state index is 10.00. The molecule has 1 saturated carbocycles. The Bertz CT molecular complexity index is 229. The normalized spacial score (nSPS) is 18.3. The number of nitrogens with zero attached hydrogens (tertiary/aromatic N) is 1. The van der Waals surface area contributed by atoms with Gasteiger partial charge >= 0.3 is 0 Å². The molecule has 4 nitrogen and oxygen atoms in total. The summed E-state index contributed by atoms with van der Waals surface area (Å²) in [5.41, 5.74) is -0.469. The van der Waals surface area contributed by atoms with Gasteiger partial charge in [-0.25, -0.2) is 0 Å². The summed E-state index contributed by atoms with van der Waals surface area (Å²) in [6.07, 6.45) is 2.97. The van der Waals surface area contributed by atoms with Gasteiger partial charge < -0.3 is 19.5 Å². The third-order valence-corrected chi connectivity index (χ3v) is 3.78. The third-order valence-electron chi connectivity index (χ3n) is 3.78. The Kier molecular flexibility index (Phi) is 6.57. The van der Waals surface area contributed by atoms with E-state index in [2.05, 4.69) is 11.9 Å². The maximum Gasteiger partial charge on any atom is 0.0880 e. The molecule has 1 fully saturated rings. The van der Waals surface area contributed by atoms with Crippen molar-refractivity contribution in [2.75, 3.05) is 40.5 Å². The Balaban J connectivity index is 2.02. The molecule has 4 heteroatoms. The Morgan fingerprint density at radius 1 is 1.33 bits per heavy atom. The molecule has 0 amide bonds. The fourth-order valence-corrected chi connectivity index (χ4v) is 1.69. The molecule has 1 aliphatic carbocycles. The molecular weight excluding hydrogens is 230 g/mol. The first-order valence-electron chi connectivity index (χ1n) is 6.95. The molecule has 0 heterocycles. The van der Waals surface area contributed by atoms with E-state index >= 15 is 0 Å². The van der Waals surface area contributed by atoms with Crippen LogP contribution in [-0.4, -0.2) is 62.2 Å². The predicted molar refractivity (Wildman–Crippen MR) is 72.8 cm³/mol. The van der Waals surface area contributed by atoms with Crippen molar-refractivity contribution in [1.29, 1.82) is 0 Å². The van der Waals surface area contributed by atoms with Gasteiger partial charge in [-0.1, -0.05) is 0 Å². The number of rotatable bonds is 10. The molecule has 0 aromatic rings. The molecule has 1 rings (SSSR count). The lowest BCUT2D eigenvalue weighted by molar-refractivity contribution is -0.0821. The van der Waals surface area contributed by atoms with E-state index in [9.17, 15) is 5.11 Å². The van der Waals surface area contributed by atoms with Crippen molar-refractivity contribution in [2.24, 2.45) is 5.92 Å². The van der Waals surface area contributed by atoms with E-state index in [4.69, 9.17) is 9.47 Å². The molecule has 0 aromatic carbocycles. The Morgan fingerprint density at radius 3 is 2.56 bits per heavy atom. The van der Waals surface area contributed by atoms with Gasteiger partial charge in [0.1, 0.15) is 0 Å². The van der Waals surface area contributed by atoms with Crippen LogP contribution in [0.1, 0.15) is 33.1 Å². The van der Waals surface area contributed by atoms with Gasteiger partial charge in [0.15, 0.2) is 0 Å². The van der Waals surface area contributed by atoms with E-state index in [0.29, 0.717) is 0 Å². The number of methoxy groups -OCH3 is 1. The van der Waals surface area contributed by atoms with Crippen molar-refractivity contribution in [3.63, 3.8) is 0 Å². The van der Waals surface area contributed by atoms with Crippen LogP contribution in [0.4, 0.5) is 0 Å². The van der Waals surface area contributed by atoms with E-state index in [1.54, 1.807) is 7.11 Å². The van der Waals surface area contributed by atoms with E-state index in [0.717, 1.165) is 38.6 Å². The molecule has 18 heavy (non-hydrogen) atoms. The first-order chi connectivity index (χ1) is 8.45. The van der Waals surface area contributed by atoms with Gasteiger partial charge in [0, 0.05) is 26.8 Å². The zero-order chi connectivity index (χ0) is 13.6. The van der Waals surface area contributed by atoms with E-state index in [1.807, 2.05) is 13.8 Å². The minimum absolute atomic E-state index is 0.433. The van der Waals surface area contributed by atoms with Crippen LogP contribution < -0.4 is 0 Å². The van der Waals surface area contributed by atoms with Gasteiger partial charge in [0.25, 0.3) is 0 Å². The highest BCUT2D eigenvalue weighted by molar-refractivity contribution is 4.79. The fourth-order valence-electron chi connectivity index (χ4n) is 1.69. The minimum atomic E-state index is -0.469. The molecule has 0 aliphatic heterocycles. The average molecular weight is 259 g/mol.